The van der Waals surface area contributed by atoms with Crippen LogP contribution in [0.1, 0.15) is 19.8 Å². The van der Waals surface area contributed by atoms with Gasteiger partial charge in [-0.05, 0) is 44.0 Å². The first-order valence-corrected chi connectivity index (χ1v) is 13.8. The van der Waals surface area contributed by atoms with Gasteiger partial charge in [-0.1, -0.05) is 0 Å². The van der Waals surface area contributed by atoms with E-state index in [0.29, 0.717) is 32.3 Å². The lowest BCUT2D eigenvalue weighted by atomic mass is 10.2. The fraction of sp³-hybridized carbons (Fsp3) is 0.650. The number of sulfonamides is 2. The zero-order valence-corrected chi connectivity index (χ0v) is 19.8. The van der Waals surface area contributed by atoms with Crippen LogP contribution in [0, 0.1) is 0 Å². The summed E-state index contributed by atoms with van der Waals surface area (Å²) in [7, 11) is -7.43. The molecule has 0 radical (unpaired) electrons. The van der Waals surface area contributed by atoms with E-state index in [2.05, 4.69) is 5.32 Å². The first kappa shape index (κ1) is 23.6. The van der Waals surface area contributed by atoms with E-state index < -0.39 is 20.0 Å². The highest BCUT2D eigenvalue weighted by atomic mass is 32.2. The van der Waals surface area contributed by atoms with E-state index in [-0.39, 0.29) is 47.9 Å². The van der Waals surface area contributed by atoms with Crippen LogP contribution in [0.2, 0.25) is 0 Å². The average molecular weight is 487 g/mol. The van der Waals surface area contributed by atoms with Crippen LogP contribution in [0.15, 0.2) is 34.1 Å². The normalized spacial score (nSPS) is 23.0. The number of amides is 1. The van der Waals surface area contributed by atoms with Crippen molar-refractivity contribution in [1.29, 1.82) is 0 Å². The van der Waals surface area contributed by atoms with Crippen LogP contribution in [-0.4, -0.2) is 101 Å². The van der Waals surface area contributed by atoms with Gasteiger partial charge in [-0.2, -0.15) is 8.61 Å². The second-order valence-corrected chi connectivity index (χ2v) is 12.3. The van der Waals surface area contributed by atoms with Crippen molar-refractivity contribution in [2.45, 2.75) is 41.6 Å². The largest absolute Gasteiger partial charge is 0.379 e. The predicted octanol–water partition coefficient (Wildman–Crippen LogP) is -0.319. The Kier molecular flexibility index (Phi) is 6.89. The molecule has 0 aromatic heterocycles. The van der Waals surface area contributed by atoms with E-state index in [1.54, 1.807) is 0 Å². The van der Waals surface area contributed by atoms with Gasteiger partial charge in [0.25, 0.3) is 0 Å². The average Bonchev–Trinajstić information content (AvgIpc) is 3.63. The molecule has 0 bridgehead atoms. The van der Waals surface area contributed by atoms with Crippen molar-refractivity contribution in [1.82, 2.24) is 18.8 Å². The van der Waals surface area contributed by atoms with Crippen LogP contribution >= 0.6 is 0 Å². The molecule has 4 rings (SSSR count). The van der Waals surface area contributed by atoms with E-state index >= 15 is 0 Å². The number of carbonyl (C=O) groups is 1. The summed E-state index contributed by atoms with van der Waals surface area (Å²) in [6.45, 7) is 4.57. The standard InChI is InChI=1S/C20H30N4O6S2/c1-16(20(25)21-17-2-3-17)22-8-10-23(11-9-22)31(26,27)18-4-6-19(7-5-18)32(28,29)24-12-14-30-15-13-24/h4-7,16-17H,2-3,8-15H2,1H3,(H,21,25)/t16-/m1/s1. The summed E-state index contributed by atoms with van der Waals surface area (Å²) in [5.41, 5.74) is 0. The maximum Gasteiger partial charge on any atom is 0.243 e. The highest BCUT2D eigenvalue weighted by Gasteiger charge is 2.34. The summed E-state index contributed by atoms with van der Waals surface area (Å²) in [6.07, 6.45) is 2.05. The van der Waals surface area contributed by atoms with Crippen molar-refractivity contribution in [3.63, 3.8) is 0 Å². The molecule has 1 atom stereocenters. The predicted molar refractivity (Wildman–Crippen MR) is 117 cm³/mol. The fourth-order valence-corrected chi connectivity index (χ4v) is 6.75. The molecule has 1 aromatic carbocycles. The lowest BCUT2D eigenvalue weighted by Crippen LogP contribution is -2.55. The topological polar surface area (TPSA) is 116 Å². The lowest BCUT2D eigenvalue weighted by Gasteiger charge is -2.36. The number of hydrogen-bond acceptors (Lipinski definition) is 7. The van der Waals surface area contributed by atoms with Gasteiger partial charge in [0.1, 0.15) is 0 Å². The van der Waals surface area contributed by atoms with Crippen LogP contribution in [0.3, 0.4) is 0 Å². The molecule has 10 nitrogen and oxygen atoms in total. The molecule has 12 heteroatoms. The van der Waals surface area contributed by atoms with Crippen LogP contribution in [0.4, 0.5) is 0 Å². The summed E-state index contributed by atoms with van der Waals surface area (Å²) in [6, 6.07) is 5.38. The van der Waals surface area contributed by atoms with Gasteiger partial charge in [0.2, 0.25) is 26.0 Å². The minimum absolute atomic E-state index is 0.0131. The molecular weight excluding hydrogens is 456 g/mol. The molecule has 1 aliphatic carbocycles. The Balaban J connectivity index is 1.39. The number of ether oxygens (including phenoxy) is 1. The van der Waals surface area contributed by atoms with Gasteiger partial charge < -0.3 is 10.1 Å². The smallest absolute Gasteiger partial charge is 0.243 e. The second kappa shape index (κ2) is 9.35. The Hall–Kier alpha value is -1.57. The zero-order valence-electron chi connectivity index (χ0n) is 18.1. The summed E-state index contributed by atoms with van der Waals surface area (Å²) in [5.74, 6) is -0.0131. The van der Waals surface area contributed by atoms with Crippen molar-refractivity contribution < 1.29 is 26.4 Å². The fourth-order valence-electron chi connectivity index (χ4n) is 3.92. The Morgan fingerprint density at radius 2 is 1.34 bits per heavy atom. The van der Waals surface area contributed by atoms with E-state index in [4.69, 9.17) is 4.74 Å². The van der Waals surface area contributed by atoms with Crippen molar-refractivity contribution in [3.05, 3.63) is 24.3 Å². The second-order valence-electron chi connectivity index (χ2n) is 8.39. The van der Waals surface area contributed by atoms with Gasteiger partial charge in [0.15, 0.2) is 0 Å². The molecule has 1 amide bonds. The summed E-state index contributed by atoms with van der Waals surface area (Å²) in [4.78, 5) is 14.4. The summed E-state index contributed by atoms with van der Waals surface area (Å²) >= 11 is 0. The Morgan fingerprint density at radius 3 is 1.81 bits per heavy atom. The maximum atomic E-state index is 13.1. The van der Waals surface area contributed by atoms with E-state index in [1.807, 2.05) is 11.8 Å². The Bertz CT molecular complexity index is 1030. The molecule has 32 heavy (non-hydrogen) atoms. The summed E-state index contributed by atoms with van der Waals surface area (Å²) in [5, 5.41) is 2.99. The van der Waals surface area contributed by atoms with Gasteiger partial charge in [0.05, 0.1) is 29.0 Å². The number of nitrogens with zero attached hydrogens (tertiary/aromatic N) is 3. The lowest BCUT2D eigenvalue weighted by molar-refractivity contribution is -0.126. The molecule has 3 aliphatic rings. The third-order valence-electron chi connectivity index (χ3n) is 6.19. The molecule has 2 saturated heterocycles. The SMILES string of the molecule is C[C@H](C(=O)NC1CC1)N1CCN(S(=O)(=O)c2ccc(S(=O)(=O)N3CCOCC3)cc2)CC1. The summed E-state index contributed by atoms with van der Waals surface area (Å²) < 4.78 is 59.6. The third kappa shape index (κ3) is 5.00. The van der Waals surface area contributed by atoms with E-state index in [0.717, 1.165) is 12.8 Å². The number of nitrogens with one attached hydrogen (secondary N) is 1. The number of carbonyl (C=O) groups excluding carboxylic acids is 1. The van der Waals surface area contributed by atoms with Gasteiger partial charge in [-0.3, -0.25) is 9.69 Å². The minimum atomic E-state index is -3.75. The molecule has 178 valence electrons. The number of morpholine rings is 1. The van der Waals surface area contributed by atoms with E-state index in [1.165, 1.54) is 32.9 Å². The van der Waals surface area contributed by atoms with Crippen molar-refractivity contribution >= 4 is 26.0 Å². The molecular formula is C20H30N4O6S2. The molecule has 2 heterocycles. The molecule has 1 aromatic rings. The number of rotatable bonds is 7. The molecule has 1 N–H and O–H groups in total. The van der Waals surface area contributed by atoms with Crippen LogP contribution in [0.25, 0.3) is 0 Å². The molecule has 3 fully saturated rings. The Labute approximate surface area is 189 Å². The van der Waals surface area contributed by atoms with Crippen molar-refractivity contribution in [2.75, 3.05) is 52.5 Å². The van der Waals surface area contributed by atoms with E-state index in [9.17, 15) is 21.6 Å². The van der Waals surface area contributed by atoms with Crippen LogP contribution in [0.5, 0.6) is 0 Å². The minimum Gasteiger partial charge on any atom is -0.379 e. The highest BCUT2D eigenvalue weighted by Crippen LogP contribution is 2.23. The van der Waals surface area contributed by atoms with Gasteiger partial charge in [0, 0.05) is 45.3 Å². The maximum absolute atomic E-state index is 13.1. The highest BCUT2D eigenvalue weighted by molar-refractivity contribution is 7.89. The first-order valence-electron chi connectivity index (χ1n) is 10.9. The van der Waals surface area contributed by atoms with Crippen molar-refractivity contribution in [3.8, 4) is 0 Å². The van der Waals surface area contributed by atoms with Gasteiger partial charge >= 0.3 is 0 Å². The number of piperazine rings is 1. The zero-order chi connectivity index (χ0) is 22.9. The van der Waals surface area contributed by atoms with Crippen LogP contribution < -0.4 is 5.32 Å². The molecule has 1 saturated carbocycles. The van der Waals surface area contributed by atoms with Gasteiger partial charge in [-0.15, -0.1) is 0 Å². The molecule has 0 spiro atoms. The quantitative estimate of drug-likeness (QED) is 0.562. The van der Waals surface area contributed by atoms with Crippen molar-refractivity contribution in [2.24, 2.45) is 0 Å². The third-order valence-corrected chi connectivity index (χ3v) is 10.0. The molecule has 0 unspecified atom stereocenters. The first-order chi connectivity index (χ1) is 15.2. The number of benzene rings is 1. The number of hydrogen-bond donors (Lipinski definition) is 1. The van der Waals surface area contributed by atoms with Gasteiger partial charge in [-0.25, -0.2) is 16.8 Å². The van der Waals surface area contributed by atoms with Crippen LogP contribution in [-0.2, 0) is 29.6 Å². The monoisotopic (exact) mass is 486 g/mol. The Morgan fingerprint density at radius 1 is 0.875 bits per heavy atom. The molecule has 2 aliphatic heterocycles.